The maximum absolute atomic E-state index is 12.8. The number of non-ortho nitro benzene ring substituents is 1. The molecule has 0 aliphatic carbocycles. The van der Waals surface area contributed by atoms with Gasteiger partial charge in [-0.3, -0.25) is 19.8 Å². The first-order chi connectivity index (χ1) is 14.6. The van der Waals surface area contributed by atoms with Gasteiger partial charge in [0.2, 0.25) is 15.9 Å². The van der Waals surface area contributed by atoms with E-state index in [2.05, 4.69) is 5.32 Å². The quantitative estimate of drug-likeness (QED) is 0.495. The molecule has 166 valence electrons. The molecule has 1 N–H and O–H groups in total. The van der Waals surface area contributed by atoms with E-state index in [1.54, 1.807) is 6.92 Å². The number of amides is 1. The molecule has 1 heterocycles. The van der Waals surface area contributed by atoms with Crippen LogP contribution in [0.1, 0.15) is 5.56 Å². The molecule has 1 aliphatic rings. The number of carbonyl (C=O) groups is 1. The van der Waals surface area contributed by atoms with Crippen LogP contribution in [-0.2, 0) is 14.8 Å². The number of piperazine rings is 1. The van der Waals surface area contributed by atoms with Crippen molar-refractivity contribution in [2.45, 2.75) is 11.8 Å². The number of sulfonamides is 1. The van der Waals surface area contributed by atoms with Crippen molar-refractivity contribution in [3.8, 4) is 0 Å². The normalized spacial score (nSPS) is 15.6. The van der Waals surface area contributed by atoms with E-state index >= 15 is 0 Å². The predicted octanol–water partition coefficient (Wildman–Crippen LogP) is 3.16. The molecule has 1 fully saturated rings. The maximum Gasteiger partial charge on any atom is 0.269 e. The van der Waals surface area contributed by atoms with Crippen LogP contribution in [0.2, 0.25) is 10.0 Å². The van der Waals surface area contributed by atoms with Crippen molar-refractivity contribution in [1.29, 1.82) is 0 Å². The number of carbonyl (C=O) groups excluding carboxylic acids is 1. The number of halogens is 2. The Bertz CT molecular complexity index is 1120. The Labute approximate surface area is 189 Å². The number of nitrogens with zero attached hydrogens (tertiary/aromatic N) is 3. The third-order valence-corrected chi connectivity index (χ3v) is 7.56. The first-order valence-electron chi connectivity index (χ1n) is 9.30. The Hall–Kier alpha value is -2.24. The molecule has 1 saturated heterocycles. The molecule has 31 heavy (non-hydrogen) atoms. The van der Waals surface area contributed by atoms with E-state index in [0.717, 1.165) is 0 Å². The fourth-order valence-electron chi connectivity index (χ4n) is 3.21. The highest BCUT2D eigenvalue weighted by atomic mass is 35.5. The SMILES string of the molecule is Cc1cc([N+](=O)[O-])ccc1NC(=O)CN1CCN(S(=O)(=O)c2ccc(Cl)c(Cl)c2)CC1. The highest BCUT2D eigenvalue weighted by Crippen LogP contribution is 2.27. The Morgan fingerprint density at radius 1 is 1.10 bits per heavy atom. The van der Waals surface area contributed by atoms with Gasteiger partial charge in [-0.15, -0.1) is 0 Å². The Kier molecular flexibility index (Phi) is 7.17. The Balaban J connectivity index is 1.56. The van der Waals surface area contributed by atoms with Crippen molar-refractivity contribution in [1.82, 2.24) is 9.21 Å². The van der Waals surface area contributed by atoms with Crippen LogP contribution in [0.25, 0.3) is 0 Å². The molecule has 0 unspecified atom stereocenters. The van der Waals surface area contributed by atoms with Gasteiger partial charge in [-0.05, 0) is 36.8 Å². The minimum Gasteiger partial charge on any atom is -0.325 e. The van der Waals surface area contributed by atoms with Crippen molar-refractivity contribution in [2.75, 3.05) is 38.0 Å². The Morgan fingerprint density at radius 3 is 2.35 bits per heavy atom. The lowest BCUT2D eigenvalue weighted by Gasteiger charge is -2.33. The second-order valence-electron chi connectivity index (χ2n) is 7.06. The maximum atomic E-state index is 12.8. The molecule has 1 aliphatic heterocycles. The summed E-state index contributed by atoms with van der Waals surface area (Å²) in [5, 5.41) is 14.0. The molecule has 2 aromatic rings. The highest BCUT2D eigenvalue weighted by molar-refractivity contribution is 7.89. The molecule has 0 radical (unpaired) electrons. The minimum absolute atomic E-state index is 0.0465. The lowest BCUT2D eigenvalue weighted by molar-refractivity contribution is -0.384. The van der Waals surface area contributed by atoms with E-state index < -0.39 is 14.9 Å². The van der Waals surface area contributed by atoms with Gasteiger partial charge in [-0.2, -0.15) is 4.31 Å². The van der Waals surface area contributed by atoms with Gasteiger partial charge in [-0.1, -0.05) is 23.2 Å². The molecule has 9 nitrogen and oxygen atoms in total. The largest absolute Gasteiger partial charge is 0.325 e. The first kappa shape index (κ1) is 23.4. The molecule has 0 atom stereocenters. The summed E-state index contributed by atoms with van der Waals surface area (Å²) < 4.78 is 27.0. The van der Waals surface area contributed by atoms with Gasteiger partial charge in [-0.25, -0.2) is 8.42 Å². The number of nitro groups is 1. The average molecular weight is 487 g/mol. The predicted molar refractivity (Wildman–Crippen MR) is 118 cm³/mol. The molecule has 12 heteroatoms. The van der Waals surface area contributed by atoms with Gasteiger partial charge in [0.25, 0.3) is 5.69 Å². The van der Waals surface area contributed by atoms with Gasteiger partial charge in [0.15, 0.2) is 0 Å². The fourth-order valence-corrected chi connectivity index (χ4v) is 5.02. The van der Waals surface area contributed by atoms with Crippen molar-refractivity contribution in [3.05, 3.63) is 62.1 Å². The van der Waals surface area contributed by atoms with E-state index in [-0.39, 0.29) is 46.2 Å². The first-order valence-corrected chi connectivity index (χ1v) is 11.5. The van der Waals surface area contributed by atoms with Crippen molar-refractivity contribution >= 4 is 50.5 Å². The van der Waals surface area contributed by atoms with Crippen molar-refractivity contribution in [2.24, 2.45) is 0 Å². The molecule has 0 spiro atoms. The van der Waals surface area contributed by atoms with Gasteiger partial charge >= 0.3 is 0 Å². The smallest absolute Gasteiger partial charge is 0.269 e. The van der Waals surface area contributed by atoms with E-state index in [9.17, 15) is 23.3 Å². The molecule has 2 aromatic carbocycles. The van der Waals surface area contributed by atoms with Gasteiger partial charge in [0, 0.05) is 44.0 Å². The molecule has 1 amide bonds. The van der Waals surface area contributed by atoms with E-state index in [1.807, 2.05) is 4.90 Å². The average Bonchev–Trinajstić information content (AvgIpc) is 2.71. The number of anilines is 1. The van der Waals surface area contributed by atoms with E-state index in [0.29, 0.717) is 24.3 Å². The zero-order valence-electron chi connectivity index (χ0n) is 16.5. The zero-order valence-corrected chi connectivity index (χ0v) is 18.9. The topological polar surface area (TPSA) is 113 Å². The summed E-state index contributed by atoms with van der Waals surface area (Å²) in [5.74, 6) is -0.280. The summed E-state index contributed by atoms with van der Waals surface area (Å²) in [4.78, 5) is 24.6. The van der Waals surface area contributed by atoms with Crippen LogP contribution in [0.4, 0.5) is 11.4 Å². The minimum atomic E-state index is -3.71. The van der Waals surface area contributed by atoms with Crippen LogP contribution in [0.15, 0.2) is 41.3 Å². The third kappa shape index (κ3) is 5.52. The lowest BCUT2D eigenvalue weighted by atomic mass is 10.2. The number of hydrogen-bond acceptors (Lipinski definition) is 6. The van der Waals surface area contributed by atoms with Crippen LogP contribution in [-0.4, -0.2) is 61.2 Å². The zero-order chi connectivity index (χ0) is 22.8. The van der Waals surface area contributed by atoms with Crippen LogP contribution in [0, 0.1) is 17.0 Å². The molecule has 3 rings (SSSR count). The summed E-state index contributed by atoms with van der Waals surface area (Å²) in [5.41, 5.74) is 1.03. The van der Waals surface area contributed by atoms with Gasteiger partial charge in [0.1, 0.15) is 0 Å². The number of benzene rings is 2. The lowest BCUT2D eigenvalue weighted by Crippen LogP contribution is -2.50. The monoisotopic (exact) mass is 486 g/mol. The number of nitrogens with one attached hydrogen (secondary N) is 1. The number of hydrogen-bond donors (Lipinski definition) is 1. The van der Waals surface area contributed by atoms with Gasteiger partial charge in [0.05, 0.1) is 26.4 Å². The summed E-state index contributed by atoms with van der Waals surface area (Å²) in [6.45, 7) is 2.98. The van der Waals surface area contributed by atoms with Crippen LogP contribution in [0.3, 0.4) is 0 Å². The standard InChI is InChI=1S/C19H20Cl2N4O5S/c1-13-10-14(25(27)28)2-5-18(13)22-19(26)12-23-6-8-24(9-7-23)31(29,30)15-3-4-16(20)17(21)11-15/h2-5,10-11H,6-9,12H2,1H3,(H,22,26). The number of aryl methyl sites for hydroxylation is 1. The summed E-state index contributed by atoms with van der Waals surface area (Å²) in [7, 11) is -3.71. The molecular weight excluding hydrogens is 467 g/mol. The fraction of sp³-hybridized carbons (Fsp3) is 0.316. The van der Waals surface area contributed by atoms with E-state index in [1.165, 1.54) is 40.7 Å². The van der Waals surface area contributed by atoms with Crippen molar-refractivity contribution < 1.29 is 18.1 Å². The van der Waals surface area contributed by atoms with Crippen LogP contribution >= 0.6 is 23.2 Å². The second-order valence-corrected chi connectivity index (χ2v) is 9.81. The van der Waals surface area contributed by atoms with E-state index in [4.69, 9.17) is 23.2 Å². The number of rotatable bonds is 6. The van der Waals surface area contributed by atoms with Gasteiger partial charge < -0.3 is 5.32 Å². The Morgan fingerprint density at radius 2 is 1.77 bits per heavy atom. The van der Waals surface area contributed by atoms with Crippen molar-refractivity contribution in [3.63, 3.8) is 0 Å². The van der Waals surface area contributed by atoms with Crippen LogP contribution in [0.5, 0.6) is 0 Å². The van der Waals surface area contributed by atoms with Crippen LogP contribution < -0.4 is 5.32 Å². The second kappa shape index (κ2) is 9.49. The molecule has 0 saturated carbocycles. The summed E-state index contributed by atoms with van der Waals surface area (Å²) >= 11 is 11.8. The number of nitro benzene ring substituents is 1. The molecule has 0 aromatic heterocycles. The highest BCUT2D eigenvalue weighted by Gasteiger charge is 2.29. The summed E-state index contributed by atoms with van der Waals surface area (Å²) in [6.07, 6.45) is 0. The molecular formula is C19H20Cl2N4O5S. The molecule has 0 bridgehead atoms. The third-order valence-electron chi connectivity index (χ3n) is 4.92. The summed E-state index contributed by atoms with van der Waals surface area (Å²) in [6, 6.07) is 8.39.